The van der Waals surface area contributed by atoms with Gasteiger partial charge in [0.15, 0.2) is 6.29 Å². The molecule has 1 heterocycles. The molecule has 6 N–H and O–H groups in total. The molecular weight excluding hydrogens is 658 g/mol. The van der Waals surface area contributed by atoms with Gasteiger partial charge in [-0.05, 0) is 64.2 Å². The zero-order chi connectivity index (χ0) is 38.1. The smallest absolute Gasteiger partial charge is 0.220 e. The van der Waals surface area contributed by atoms with Crippen LogP contribution in [0, 0.1) is 0 Å². The number of amides is 1. The second-order valence-corrected chi connectivity index (χ2v) is 15.1. The molecule has 1 amide bonds. The molecule has 0 aliphatic carbocycles. The van der Waals surface area contributed by atoms with Crippen LogP contribution in [0.5, 0.6) is 0 Å². The van der Waals surface area contributed by atoms with Crippen LogP contribution in [0.15, 0.2) is 24.3 Å². The quantitative estimate of drug-likeness (QED) is 0.0281. The Kier molecular flexibility index (Phi) is 32.0. The minimum Gasteiger partial charge on any atom is -0.394 e. The Morgan fingerprint density at radius 1 is 0.635 bits per heavy atom. The number of carbonyl (C=O) groups excluding carboxylic acids is 1. The number of allylic oxidation sites excluding steroid dienone is 4. The van der Waals surface area contributed by atoms with Crippen LogP contribution in [0.3, 0.4) is 0 Å². The molecule has 1 saturated heterocycles. The summed E-state index contributed by atoms with van der Waals surface area (Å²) in [7, 11) is 0. The fraction of sp³-hybridized carbons (Fsp3) is 0.884. The third-order valence-corrected chi connectivity index (χ3v) is 10.3. The zero-order valence-electron chi connectivity index (χ0n) is 33.3. The van der Waals surface area contributed by atoms with Gasteiger partial charge in [-0.2, -0.15) is 0 Å². The van der Waals surface area contributed by atoms with Gasteiger partial charge < -0.3 is 40.3 Å². The number of hydrogen-bond acceptors (Lipinski definition) is 8. The van der Waals surface area contributed by atoms with Gasteiger partial charge in [-0.25, -0.2) is 0 Å². The highest BCUT2D eigenvalue weighted by Crippen LogP contribution is 2.23. The van der Waals surface area contributed by atoms with E-state index in [0.717, 1.165) is 64.2 Å². The van der Waals surface area contributed by atoms with Gasteiger partial charge in [0.25, 0.3) is 0 Å². The average molecular weight is 740 g/mol. The summed E-state index contributed by atoms with van der Waals surface area (Å²) >= 11 is 0. The van der Waals surface area contributed by atoms with E-state index in [1.165, 1.54) is 96.3 Å². The van der Waals surface area contributed by atoms with E-state index in [2.05, 4.69) is 43.5 Å². The SMILES string of the molecule is CCCCCCCC/C=C/CCCCCCCC(=O)N[C@@H](CO[C@H]1O[C@@H](CO)[C@H](O)C(O)C1O)[C@H](O)CCCC/C=C/CCCCCCCCCC. The summed E-state index contributed by atoms with van der Waals surface area (Å²) in [6.07, 6.45) is 31.8. The molecule has 0 radical (unpaired) electrons. The molecule has 1 rings (SSSR count). The van der Waals surface area contributed by atoms with E-state index in [1.54, 1.807) is 0 Å². The first-order chi connectivity index (χ1) is 25.3. The molecule has 7 atom stereocenters. The van der Waals surface area contributed by atoms with E-state index in [-0.39, 0.29) is 12.5 Å². The van der Waals surface area contributed by atoms with Crippen molar-refractivity contribution in [2.75, 3.05) is 13.2 Å². The van der Waals surface area contributed by atoms with Crippen molar-refractivity contribution in [1.82, 2.24) is 5.32 Å². The van der Waals surface area contributed by atoms with Crippen LogP contribution in [0.1, 0.15) is 187 Å². The second-order valence-electron chi connectivity index (χ2n) is 15.1. The average Bonchev–Trinajstić information content (AvgIpc) is 3.14. The fourth-order valence-corrected chi connectivity index (χ4v) is 6.74. The number of unbranched alkanes of at least 4 members (excludes halogenated alkanes) is 21. The Morgan fingerprint density at radius 2 is 1.08 bits per heavy atom. The van der Waals surface area contributed by atoms with Crippen molar-refractivity contribution in [2.45, 2.75) is 230 Å². The highest BCUT2D eigenvalue weighted by molar-refractivity contribution is 5.76. The first-order valence-corrected chi connectivity index (χ1v) is 21.5. The van der Waals surface area contributed by atoms with Crippen LogP contribution in [0.2, 0.25) is 0 Å². The summed E-state index contributed by atoms with van der Waals surface area (Å²) in [5.41, 5.74) is 0. The number of rotatable bonds is 35. The molecule has 1 aliphatic heterocycles. The molecule has 0 aromatic carbocycles. The van der Waals surface area contributed by atoms with Crippen LogP contribution in [-0.4, -0.2) is 87.5 Å². The van der Waals surface area contributed by atoms with Crippen LogP contribution in [0.4, 0.5) is 0 Å². The summed E-state index contributed by atoms with van der Waals surface area (Å²) < 4.78 is 11.2. The fourth-order valence-electron chi connectivity index (χ4n) is 6.74. The van der Waals surface area contributed by atoms with Gasteiger partial charge in [-0.3, -0.25) is 4.79 Å². The van der Waals surface area contributed by atoms with Gasteiger partial charge in [0, 0.05) is 6.42 Å². The second kappa shape index (κ2) is 34.2. The van der Waals surface area contributed by atoms with Crippen molar-refractivity contribution in [3.05, 3.63) is 24.3 Å². The maximum Gasteiger partial charge on any atom is 0.220 e. The highest BCUT2D eigenvalue weighted by atomic mass is 16.7. The lowest BCUT2D eigenvalue weighted by atomic mass is 9.99. The monoisotopic (exact) mass is 740 g/mol. The lowest BCUT2D eigenvalue weighted by molar-refractivity contribution is -0.302. The number of ether oxygens (including phenoxy) is 2. The molecule has 9 heteroatoms. The van der Waals surface area contributed by atoms with Gasteiger partial charge in [0.1, 0.15) is 24.4 Å². The number of aliphatic hydroxyl groups is 5. The van der Waals surface area contributed by atoms with E-state index in [4.69, 9.17) is 9.47 Å². The first kappa shape index (κ1) is 48.7. The zero-order valence-corrected chi connectivity index (χ0v) is 33.3. The van der Waals surface area contributed by atoms with Crippen LogP contribution < -0.4 is 5.32 Å². The van der Waals surface area contributed by atoms with Crippen molar-refractivity contribution < 1.29 is 39.8 Å². The molecule has 2 unspecified atom stereocenters. The molecule has 0 saturated carbocycles. The van der Waals surface area contributed by atoms with Crippen molar-refractivity contribution >= 4 is 5.91 Å². The van der Waals surface area contributed by atoms with E-state index < -0.39 is 49.5 Å². The highest BCUT2D eigenvalue weighted by Gasteiger charge is 2.44. The Hall–Kier alpha value is -1.33. The Balaban J connectivity index is 2.40. The molecule has 306 valence electrons. The number of carbonyl (C=O) groups is 1. The third-order valence-electron chi connectivity index (χ3n) is 10.3. The van der Waals surface area contributed by atoms with Gasteiger partial charge in [0.05, 0.1) is 25.4 Å². The first-order valence-electron chi connectivity index (χ1n) is 21.5. The van der Waals surface area contributed by atoms with E-state index >= 15 is 0 Å². The lowest BCUT2D eigenvalue weighted by Gasteiger charge is -2.40. The molecule has 1 aliphatic rings. The lowest BCUT2D eigenvalue weighted by Crippen LogP contribution is -2.60. The Morgan fingerprint density at radius 3 is 1.56 bits per heavy atom. The molecule has 52 heavy (non-hydrogen) atoms. The van der Waals surface area contributed by atoms with Crippen molar-refractivity contribution in [3.63, 3.8) is 0 Å². The van der Waals surface area contributed by atoms with Gasteiger partial charge in [-0.1, -0.05) is 141 Å². The van der Waals surface area contributed by atoms with Crippen molar-refractivity contribution in [3.8, 4) is 0 Å². The van der Waals surface area contributed by atoms with E-state index in [9.17, 15) is 30.3 Å². The maximum atomic E-state index is 12.9. The van der Waals surface area contributed by atoms with E-state index in [1.807, 2.05) is 0 Å². The van der Waals surface area contributed by atoms with Crippen molar-refractivity contribution in [2.24, 2.45) is 0 Å². The molecule has 0 spiro atoms. The molecular formula is C43H81NO8. The molecule has 0 aromatic rings. The topological polar surface area (TPSA) is 149 Å². The maximum absolute atomic E-state index is 12.9. The third kappa shape index (κ3) is 24.9. The van der Waals surface area contributed by atoms with Crippen LogP contribution in [0.25, 0.3) is 0 Å². The van der Waals surface area contributed by atoms with Crippen LogP contribution >= 0.6 is 0 Å². The number of nitrogens with one attached hydrogen (secondary N) is 1. The summed E-state index contributed by atoms with van der Waals surface area (Å²) in [4.78, 5) is 12.9. The standard InChI is InChI=1S/C43H81NO8/c1-3-5-7-9-11-13-15-17-19-21-23-25-27-29-31-33-39(47)44-36(35-51-43-42(50)41(49)40(48)38(34-45)52-43)37(46)32-30-28-26-24-22-20-18-16-14-12-10-8-6-4-2/h17,19,22,24,36-38,40-43,45-46,48-50H,3-16,18,20-21,23,25-35H2,1-2H3,(H,44,47)/b19-17+,24-22+/t36-,37+,38-,40-,41?,42?,43-/m0/s1. The Bertz CT molecular complexity index is 868. The summed E-state index contributed by atoms with van der Waals surface area (Å²) in [6.45, 7) is 3.79. The number of hydrogen-bond donors (Lipinski definition) is 6. The van der Waals surface area contributed by atoms with Crippen LogP contribution in [-0.2, 0) is 14.3 Å². The van der Waals surface area contributed by atoms with Gasteiger partial charge >= 0.3 is 0 Å². The molecule has 0 bridgehead atoms. The predicted molar refractivity (Wildman–Crippen MR) is 212 cm³/mol. The van der Waals surface area contributed by atoms with E-state index in [0.29, 0.717) is 12.8 Å². The minimum absolute atomic E-state index is 0.152. The summed E-state index contributed by atoms with van der Waals surface area (Å²) in [6, 6.07) is -0.736. The predicted octanol–water partition coefficient (Wildman–Crippen LogP) is 8.33. The summed E-state index contributed by atoms with van der Waals surface area (Å²) in [5, 5.41) is 54.2. The van der Waals surface area contributed by atoms with Gasteiger partial charge in [0.2, 0.25) is 5.91 Å². The number of aliphatic hydroxyl groups excluding tert-OH is 5. The minimum atomic E-state index is -1.56. The molecule has 1 fully saturated rings. The van der Waals surface area contributed by atoms with Gasteiger partial charge in [-0.15, -0.1) is 0 Å². The normalized spacial score (nSPS) is 22.0. The molecule has 9 nitrogen and oxygen atoms in total. The summed E-state index contributed by atoms with van der Waals surface area (Å²) in [5.74, 6) is -0.164. The largest absolute Gasteiger partial charge is 0.394 e. The Labute approximate surface area is 318 Å². The molecule has 0 aromatic heterocycles. The van der Waals surface area contributed by atoms with Crippen molar-refractivity contribution in [1.29, 1.82) is 0 Å².